The largest absolute Gasteiger partial charge is 0.323 e. The molecule has 2 bridgehead atoms. The lowest BCUT2D eigenvalue weighted by molar-refractivity contribution is -0.119. The van der Waals surface area contributed by atoms with Crippen LogP contribution in [0.5, 0.6) is 0 Å². The van der Waals surface area contributed by atoms with Gasteiger partial charge in [0.2, 0.25) is 5.91 Å². The molecule has 7 nitrogen and oxygen atoms in total. The second-order valence-corrected chi connectivity index (χ2v) is 8.04. The lowest BCUT2D eigenvalue weighted by Gasteiger charge is -2.13. The molecule has 2 aromatic rings. The molecular formula is C16H20N4O3S. The number of hydrogen-bond acceptors (Lipinski definition) is 5. The molecule has 0 aromatic carbocycles. The van der Waals surface area contributed by atoms with Gasteiger partial charge in [0.05, 0.1) is 18.1 Å². The predicted molar refractivity (Wildman–Crippen MR) is 91.0 cm³/mol. The number of anilines is 1. The van der Waals surface area contributed by atoms with Gasteiger partial charge in [-0.3, -0.25) is 9.78 Å². The van der Waals surface area contributed by atoms with Gasteiger partial charge in [-0.15, -0.1) is 0 Å². The molecule has 0 spiro atoms. The molecule has 1 amide bonds. The monoisotopic (exact) mass is 348 g/mol. The molecule has 24 heavy (non-hydrogen) atoms. The lowest BCUT2D eigenvalue weighted by Crippen LogP contribution is -2.20. The van der Waals surface area contributed by atoms with Crippen LogP contribution in [0.4, 0.5) is 5.69 Å². The first kappa shape index (κ1) is 16.6. The summed E-state index contributed by atoms with van der Waals surface area (Å²) in [4.78, 5) is 16.7. The van der Waals surface area contributed by atoms with Crippen molar-refractivity contribution in [2.24, 2.45) is 5.92 Å². The third-order valence-electron chi connectivity index (χ3n) is 4.15. The van der Waals surface area contributed by atoms with Crippen LogP contribution in [-0.4, -0.2) is 34.8 Å². The van der Waals surface area contributed by atoms with Crippen molar-refractivity contribution >= 4 is 21.6 Å². The molecule has 2 aromatic heterocycles. The van der Waals surface area contributed by atoms with Crippen molar-refractivity contribution in [3.05, 3.63) is 30.2 Å². The number of amides is 1. The molecule has 0 saturated heterocycles. The minimum absolute atomic E-state index is 0.126. The van der Waals surface area contributed by atoms with E-state index >= 15 is 0 Å². The smallest absolute Gasteiger partial charge is 0.250 e. The number of fused-ring (bicyclic) bond motifs is 4. The molecule has 0 aliphatic carbocycles. The molecular weight excluding hydrogens is 328 g/mol. The molecule has 3 heterocycles. The van der Waals surface area contributed by atoms with Crippen molar-refractivity contribution in [2.45, 2.75) is 32.6 Å². The van der Waals surface area contributed by atoms with Crippen LogP contribution in [0.3, 0.4) is 0 Å². The SMILES string of the molecule is CC1CCCCc2cc(ccn2)-c2nn(S(C)(=O)=O)cc2NC1=O. The number of rotatable bonds is 1. The number of carbonyl (C=O) groups excluding carboxylic acids is 1. The maximum atomic E-state index is 12.4. The van der Waals surface area contributed by atoms with Gasteiger partial charge in [-0.25, -0.2) is 8.42 Å². The zero-order valence-corrected chi connectivity index (χ0v) is 14.5. The van der Waals surface area contributed by atoms with Crippen LogP contribution in [-0.2, 0) is 21.2 Å². The maximum Gasteiger partial charge on any atom is 0.250 e. The number of aryl methyl sites for hydroxylation is 1. The maximum absolute atomic E-state index is 12.4. The number of nitrogens with zero attached hydrogens (tertiary/aromatic N) is 3. The second-order valence-electron chi connectivity index (χ2n) is 6.20. The Labute approximate surface area is 141 Å². The fraction of sp³-hybridized carbons (Fsp3) is 0.438. The van der Waals surface area contributed by atoms with E-state index in [1.807, 2.05) is 13.0 Å². The average molecular weight is 348 g/mol. The van der Waals surface area contributed by atoms with Crippen molar-refractivity contribution in [3.8, 4) is 11.3 Å². The normalized spacial score (nSPS) is 18.9. The minimum atomic E-state index is -3.54. The summed E-state index contributed by atoms with van der Waals surface area (Å²) < 4.78 is 24.5. The molecule has 8 heteroatoms. The first-order valence-corrected chi connectivity index (χ1v) is 9.76. The molecule has 1 N–H and O–H groups in total. The van der Waals surface area contributed by atoms with Crippen LogP contribution in [0.1, 0.15) is 31.9 Å². The van der Waals surface area contributed by atoms with Crippen molar-refractivity contribution in [2.75, 3.05) is 11.6 Å². The Hall–Kier alpha value is -2.22. The summed E-state index contributed by atoms with van der Waals surface area (Å²) in [6.07, 6.45) is 7.61. The third kappa shape index (κ3) is 3.48. The van der Waals surface area contributed by atoms with Gasteiger partial charge in [0.15, 0.2) is 0 Å². The minimum Gasteiger partial charge on any atom is -0.323 e. The van der Waals surface area contributed by atoms with Crippen molar-refractivity contribution in [3.63, 3.8) is 0 Å². The Morgan fingerprint density at radius 2 is 2.12 bits per heavy atom. The summed E-state index contributed by atoms with van der Waals surface area (Å²) in [5.74, 6) is -0.274. The van der Waals surface area contributed by atoms with Crippen LogP contribution in [0.2, 0.25) is 0 Å². The number of aromatic nitrogens is 3. The highest BCUT2D eigenvalue weighted by Crippen LogP contribution is 2.29. The summed E-state index contributed by atoms with van der Waals surface area (Å²) in [5, 5.41) is 6.99. The highest BCUT2D eigenvalue weighted by atomic mass is 32.2. The summed E-state index contributed by atoms with van der Waals surface area (Å²) in [6, 6.07) is 3.67. The summed E-state index contributed by atoms with van der Waals surface area (Å²) >= 11 is 0. The molecule has 0 fully saturated rings. The zero-order chi connectivity index (χ0) is 17.3. The number of carbonyl (C=O) groups is 1. The van der Waals surface area contributed by atoms with E-state index in [1.54, 1.807) is 12.3 Å². The van der Waals surface area contributed by atoms with Gasteiger partial charge in [0.25, 0.3) is 10.0 Å². The molecule has 128 valence electrons. The third-order valence-corrected chi connectivity index (χ3v) is 5.02. The Kier molecular flexibility index (Phi) is 4.40. The standard InChI is InChI=1S/C16H20N4O3S/c1-11-5-3-4-6-13-9-12(7-8-17-13)15-14(18-16(11)21)10-20(19-15)24(2,22)23/h7-11H,3-6H2,1-2H3,(H,18,21). The van der Waals surface area contributed by atoms with E-state index in [0.29, 0.717) is 11.4 Å². The van der Waals surface area contributed by atoms with Crippen LogP contribution in [0.15, 0.2) is 24.5 Å². The molecule has 0 saturated carbocycles. The summed E-state index contributed by atoms with van der Waals surface area (Å²) in [6.45, 7) is 1.87. The van der Waals surface area contributed by atoms with Crippen molar-refractivity contribution in [1.29, 1.82) is 0 Å². The van der Waals surface area contributed by atoms with Crippen LogP contribution < -0.4 is 5.32 Å². The van der Waals surface area contributed by atoms with Crippen LogP contribution in [0.25, 0.3) is 11.3 Å². The van der Waals surface area contributed by atoms with Gasteiger partial charge < -0.3 is 5.32 Å². The van der Waals surface area contributed by atoms with Gasteiger partial charge in [-0.1, -0.05) is 13.3 Å². The number of pyridine rings is 1. The van der Waals surface area contributed by atoms with E-state index in [9.17, 15) is 13.2 Å². The fourth-order valence-electron chi connectivity index (χ4n) is 2.73. The number of hydrogen-bond donors (Lipinski definition) is 1. The van der Waals surface area contributed by atoms with Gasteiger partial charge in [0, 0.05) is 23.4 Å². The summed E-state index contributed by atoms with van der Waals surface area (Å²) in [5.41, 5.74) is 2.51. The highest BCUT2D eigenvalue weighted by molar-refractivity contribution is 7.89. The first-order valence-electron chi connectivity index (χ1n) is 7.91. The van der Waals surface area contributed by atoms with E-state index in [1.165, 1.54) is 6.20 Å². The van der Waals surface area contributed by atoms with Gasteiger partial charge in [-0.05, 0) is 31.4 Å². The topological polar surface area (TPSA) is 93.9 Å². The Bertz CT molecular complexity index is 873. The van der Waals surface area contributed by atoms with E-state index in [0.717, 1.165) is 47.3 Å². The lowest BCUT2D eigenvalue weighted by atomic mass is 10.00. The zero-order valence-electron chi connectivity index (χ0n) is 13.7. The first-order chi connectivity index (χ1) is 11.3. The number of nitrogens with one attached hydrogen (secondary N) is 1. The van der Waals surface area contributed by atoms with Crippen LogP contribution in [0, 0.1) is 5.92 Å². The molecule has 1 unspecified atom stereocenters. The quantitative estimate of drug-likeness (QED) is 0.851. The van der Waals surface area contributed by atoms with E-state index in [2.05, 4.69) is 15.4 Å². The average Bonchev–Trinajstić information content (AvgIpc) is 2.95. The molecule has 3 rings (SSSR count). The molecule has 1 aliphatic heterocycles. The Morgan fingerprint density at radius 3 is 2.88 bits per heavy atom. The van der Waals surface area contributed by atoms with E-state index in [-0.39, 0.29) is 11.8 Å². The second kappa shape index (κ2) is 6.35. The molecule has 1 aliphatic rings. The highest BCUT2D eigenvalue weighted by Gasteiger charge is 2.21. The van der Waals surface area contributed by atoms with E-state index < -0.39 is 10.0 Å². The predicted octanol–water partition coefficient (Wildman–Crippen LogP) is 2.05. The van der Waals surface area contributed by atoms with E-state index in [4.69, 9.17) is 0 Å². The van der Waals surface area contributed by atoms with Crippen molar-refractivity contribution in [1.82, 2.24) is 14.2 Å². The molecule has 1 atom stereocenters. The van der Waals surface area contributed by atoms with Gasteiger partial charge >= 0.3 is 0 Å². The Morgan fingerprint density at radius 1 is 1.33 bits per heavy atom. The van der Waals surface area contributed by atoms with Crippen molar-refractivity contribution < 1.29 is 13.2 Å². The Balaban J connectivity index is 2.14. The summed E-state index contributed by atoms with van der Waals surface area (Å²) in [7, 11) is -3.54. The van der Waals surface area contributed by atoms with Crippen LogP contribution >= 0.6 is 0 Å². The van der Waals surface area contributed by atoms with Gasteiger partial charge in [0.1, 0.15) is 5.69 Å². The fourth-order valence-corrected chi connectivity index (χ4v) is 3.26. The molecule has 0 radical (unpaired) electrons. The van der Waals surface area contributed by atoms with Gasteiger partial charge in [-0.2, -0.15) is 9.19 Å².